The summed E-state index contributed by atoms with van der Waals surface area (Å²) in [6, 6.07) is 10.7. The van der Waals surface area contributed by atoms with E-state index in [9.17, 15) is 20.0 Å². The number of hydrogen-bond acceptors (Lipinski definition) is 7. The minimum atomic E-state index is -0.601. The maximum absolute atomic E-state index is 11.9. The van der Waals surface area contributed by atoms with E-state index in [4.69, 9.17) is 0 Å². The molecule has 2 N–H and O–H groups in total. The van der Waals surface area contributed by atoms with Crippen molar-refractivity contribution in [2.45, 2.75) is 0 Å². The number of rotatable bonds is 3. The predicted octanol–water partition coefficient (Wildman–Crippen LogP) is 3.01. The molecule has 3 rings (SSSR count). The molecule has 0 bridgehead atoms. The molecule has 0 aliphatic carbocycles. The normalized spacial score (nSPS) is 10.5. The Morgan fingerprint density at radius 2 is 2.00 bits per heavy atom. The van der Waals surface area contributed by atoms with E-state index >= 15 is 0 Å². The van der Waals surface area contributed by atoms with Crippen molar-refractivity contribution in [3.05, 3.63) is 62.9 Å². The third-order valence-electron chi connectivity index (χ3n) is 2.96. The summed E-state index contributed by atoms with van der Waals surface area (Å²) >= 11 is 1.25. The van der Waals surface area contributed by atoms with Crippen molar-refractivity contribution in [2.75, 3.05) is 5.32 Å². The summed E-state index contributed by atoms with van der Waals surface area (Å²) in [6.45, 7) is 0. The number of nitrogens with one attached hydrogen (secondary N) is 1. The van der Waals surface area contributed by atoms with Crippen LogP contribution in [0.25, 0.3) is 10.1 Å². The lowest BCUT2D eigenvalue weighted by Gasteiger charge is -2.07. The molecule has 7 nitrogen and oxygen atoms in total. The molecular weight excluding hydrogens is 306 g/mol. The molecule has 3 aromatic rings. The molecule has 110 valence electrons. The SMILES string of the molecule is O=c1nc(Nc2ccc([N+](=O)[O-])cc2O)sc2ccccc12. The molecule has 0 unspecified atom stereocenters. The van der Waals surface area contributed by atoms with Crippen molar-refractivity contribution < 1.29 is 10.0 Å². The third kappa shape index (κ3) is 2.59. The standard InChI is InChI=1S/C14H9N3O4S/c18-11-7-8(17(20)21)5-6-10(11)15-14-16-13(19)9-3-1-2-4-12(9)22-14/h1-7,18H,(H,15,16,19). The molecular formula is C14H9N3O4S. The molecule has 0 spiro atoms. The highest BCUT2D eigenvalue weighted by atomic mass is 32.1. The van der Waals surface area contributed by atoms with E-state index < -0.39 is 4.92 Å². The van der Waals surface area contributed by atoms with E-state index in [-0.39, 0.29) is 22.7 Å². The predicted molar refractivity (Wildman–Crippen MR) is 83.9 cm³/mol. The largest absolute Gasteiger partial charge is 0.506 e. The van der Waals surface area contributed by atoms with Gasteiger partial charge in [-0.2, -0.15) is 4.98 Å². The average Bonchev–Trinajstić information content (AvgIpc) is 2.49. The zero-order valence-corrected chi connectivity index (χ0v) is 11.8. The van der Waals surface area contributed by atoms with Gasteiger partial charge in [-0.25, -0.2) is 0 Å². The van der Waals surface area contributed by atoms with Crippen LogP contribution in [-0.4, -0.2) is 15.0 Å². The Kier molecular flexibility index (Phi) is 3.43. The number of benzene rings is 2. The molecule has 8 heteroatoms. The number of nitro groups is 1. The maximum atomic E-state index is 11.9. The zero-order valence-electron chi connectivity index (χ0n) is 11.0. The molecule has 2 aromatic carbocycles. The van der Waals surface area contributed by atoms with Gasteiger partial charge in [-0.1, -0.05) is 23.5 Å². The van der Waals surface area contributed by atoms with Crippen molar-refractivity contribution in [1.29, 1.82) is 0 Å². The first-order valence-corrected chi connectivity index (χ1v) is 7.00. The molecule has 0 saturated heterocycles. The quantitative estimate of drug-likeness (QED) is 0.437. The van der Waals surface area contributed by atoms with Crippen LogP contribution in [0.1, 0.15) is 0 Å². The van der Waals surface area contributed by atoms with Crippen molar-refractivity contribution in [1.82, 2.24) is 4.98 Å². The Morgan fingerprint density at radius 1 is 1.23 bits per heavy atom. The summed E-state index contributed by atoms with van der Waals surface area (Å²) in [5.74, 6) is -0.288. The van der Waals surface area contributed by atoms with Crippen LogP contribution in [0.15, 0.2) is 47.3 Å². The molecule has 0 radical (unpaired) electrons. The lowest BCUT2D eigenvalue weighted by molar-refractivity contribution is -0.384. The third-order valence-corrected chi connectivity index (χ3v) is 3.92. The van der Waals surface area contributed by atoms with Gasteiger partial charge in [0, 0.05) is 10.8 Å². The van der Waals surface area contributed by atoms with E-state index in [1.807, 2.05) is 6.07 Å². The monoisotopic (exact) mass is 315 g/mol. The summed E-state index contributed by atoms with van der Waals surface area (Å²) in [6.07, 6.45) is 0. The van der Waals surface area contributed by atoms with Gasteiger partial charge in [-0.05, 0) is 18.2 Å². The van der Waals surface area contributed by atoms with Gasteiger partial charge in [0.1, 0.15) is 5.75 Å². The van der Waals surface area contributed by atoms with Crippen LogP contribution in [0.5, 0.6) is 5.75 Å². The van der Waals surface area contributed by atoms with E-state index in [1.165, 1.54) is 23.5 Å². The van der Waals surface area contributed by atoms with Crippen molar-refractivity contribution >= 4 is 37.9 Å². The second kappa shape index (κ2) is 5.41. The molecule has 0 aliphatic heterocycles. The van der Waals surface area contributed by atoms with E-state index in [1.54, 1.807) is 18.2 Å². The molecule has 0 fully saturated rings. The van der Waals surface area contributed by atoms with E-state index in [2.05, 4.69) is 10.3 Å². The number of aromatic nitrogens is 1. The summed E-state index contributed by atoms with van der Waals surface area (Å²) in [7, 11) is 0. The Morgan fingerprint density at radius 3 is 2.73 bits per heavy atom. The average molecular weight is 315 g/mol. The second-order valence-corrected chi connectivity index (χ2v) is 5.43. The van der Waals surface area contributed by atoms with Crippen LogP contribution in [0, 0.1) is 10.1 Å². The summed E-state index contributed by atoms with van der Waals surface area (Å²) < 4.78 is 0.756. The molecule has 0 saturated carbocycles. The Hall–Kier alpha value is -3.00. The van der Waals surface area contributed by atoms with Crippen LogP contribution in [0.2, 0.25) is 0 Å². The fraction of sp³-hybridized carbons (Fsp3) is 0. The van der Waals surface area contributed by atoms with Gasteiger partial charge in [0.15, 0.2) is 5.13 Å². The lowest BCUT2D eigenvalue weighted by Crippen LogP contribution is -2.07. The van der Waals surface area contributed by atoms with Crippen LogP contribution < -0.4 is 10.9 Å². The van der Waals surface area contributed by atoms with Gasteiger partial charge < -0.3 is 10.4 Å². The van der Waals surface area contributed by atoms with Gasteiger partial charge in [0.2, 0.25) is 0 Å². The first kappa shape index (κ1) is 14.0. The number of fused-ring (bicyclic) bond motifs is 1. The summed E-state index contributed by atoms with van der Waals surface area (Å²) in [5, 5.41) is 24.1. The summed E-state index contributed by atoms with van der Waals surface area (Å²) in [5.41, 5.74) is -0.356. The Bertz CT molecular complexity index is 939. The number of anilines is 2. The molecule has 0 atom stereocenters. The Balaban J connectivity index is 2.00. The minimum Gasteiger partial charge on any atom is -0.506 e. The second-order valence-electron chi connectivity index (χ2n) is 4.40. The van der Waals surface area contributed by atoms with E-state index in [0.717, 1.165) is 10.8 Å². The van der Waals surface area contributed by atoms with Crippen molar-refractivity contribution in [3.63, 3.8) is 0 Å². The maximum Gasteiger partial charge on any atom is 0.281 e. The fourth-order valence-electron chi connectivity index (χ4n) is 1.92. The highest BCUT2D eigenvalue weighted by Crippen LogP contribution is 2.31. The molecule has 1 heterocycles. The van der Waals surface area contributed by atoms with Crippen molar-refractivity contribution in [2.24, 2.45) is 0 Å². The molecule has 1 aromatic heterocycles. The van der Waals surface area contributed by atoms with Crippen LogP contribution in [0.3, 0.4) is 0 Å². The fourth-order valence-corrected chi connectivity index (χ4v) is 2.83. The van der Waals surface area contributed by atoms with Gasteiger partial charge in [0.05, 0.1) is 22.1 Å². The summed E-state index contributed by atoms with van der Waals surface area (Å²) in [4.78, 5) is 25.9. The number of hydrogen-bond donors (Lipinski definition) is 2. The number of nitrogens with zero attached hydrogens (tertiary/aromatic N) is 2. The number of nitro benzene ring substituents is 1. The highest BCUT2D eigenvalue weighted by Gasteiger charge is 2.11. The lowest BCUT2D eigenvalue weighted by atomic mass is 10.2. The van der Waals surface area contributed by atoms with Gasteiger partial charge in [-0.15, -0.1) is 0 Å². The van der Waals surface area contributed by atoms with Gasteiger partial charge in [-0.3, -0.25) is 14.9 Å². The van der Waals surface area contributed by atoms with Gasteiger partial charge >= 0.3 is 0 Å². The zero-order chi connectivity index (χ0) is 15.7. The first-order valence-electron chi connectivity index (χ1n) is 6.19. The smallest absolute Gasteiger partial charge is 0.281 e. The van der Waals surface area contributed by atoms with Gasteiger partial charge in [0.25, 0.3) is 11.2 Å². The highest BCUT2D eigenvalue weighted by molar-refractivity contribution is 7.21. The molecule has 0 amide bonds. The van der Waals surface area contributed by atoms with E-state index in [0.29, 0.717) is 10.5 Å². The number of non-ortho nitro benzene ring substituents is 1. The molecule has 0 aliphatic rings. The minimum absolute atomic E-state index is 0.220. The topological polar surface area (TPSA) is 105 Å². The first-order chi connectivity index (χ1) is 10.5. The molecule has 22 heavy (non-hydrogen) atoms. The number of phenols is 1. The van der Waals surface area contributed by atoms with Crippen LogP contribution in [-0.2, 0) is 0 Å². The van der Waals surface area contributed by atoms with Crippen LogP contribution in [0.4, 0.5) is 16.5 Å². The number of aromatic hydroxyl groups is 1. The van der Waals surface area contributed by atoms with Crippen LogP contribution >= 0.6 is 11.3 Å². The van der Waals surface area contributed by atoms with Crippen molar-refractivity contribution in [3.8, 4) is 5.75 Å². The Labute approximate surface area is 127 Å². The number of phenolic OH excluding ortho intramolecular Hbond substituents is 1.